The third kappa shape index (κ3) is 4.36. The Morgan fingerprint density at radius 1 is 1.27 bits per heavy atom. The number of aromatic nitrogens is 2. The summed E-state index contributed by atoms with van der Waals surface area (Å²) in [5.41, 5.74) is 0. The van der Waals surface area contributed by atoms with Crippen molar-refractivity contribution < 1.29 is 22.5 Å². The fraction of sp³-hybridized carbons (Fsp3) is 0.462. The number of hydrogen-bond donors (Lipinski definition) is 1. The molecule has 0 N–H and O–H groups in total. The van der Waals surface area contributed by atoms with E-state index in [1.54, 1.807) is 4.90 Å². The van der Waals surface area contributed by atoms with Crippen LogP contribution in [0.15, 0.2) is 21.6 Å². The second-order valence-corrected chi connectivity index (χ2v) is 5.20. The molecule has 1 aliphatic heterocycles. The van der Waals surface area contributed by atoms with Crippen molar-refractivity contribution in [3.63, 3.8) is 0 Å². The SMILES string of the molecule is O=C(/C(S)=C/C=C/c1noc(C(F)(F)F)n1)N1CCCCC1. The molecule has 0 bridgehead atoms. The lowest BCUT2D eigenvalue weighted by atomic mass is 10.1. The second-order valence-electron chi connectivity index (χ2n) is 4.72. The maximum Gasteiger partial charge on any atom is 0.471 e. The van der Waals surface area contributed by atoms with Gasteiger partial charge >= 0.3 is 12.1 Å². The van der Waals surface area contributed by atoms with Gasteiger partial charge in [-0.2, -0.15) is 18.2 Å². The molecule has 0 aliphatic carbocycles. The number of rotatable bonds is 3. The number of hydrogen-bond acceptors (Lipinski definition) is 5. The van der Waals surface area contributed by atoms with Gasteiger partial charge in [-0.3, -0.25) is 4.79 Å². The van der Waals surface area contributed by atoms with Crippen LogP contribution >= 0.6 is 12.6 Å². The van der Waals surface area contributed by atoms with E-state index < -0.39 is 12.1 Å². The summed E-state index contributed by atoms with van der Waals surface area (Å²) in [6.07, 6.45) is 2.32. The predicted molar refractivity (Wildman–Crippen MR) is 75.8 cm³/mol. The summed E-state index contributed by atoms with van der Waals surface area (Å²) in [6, 6.07) is 0. The highest BCUT2D eigenvalue weighted by Gasteiger charge is 2.38. The summed E-state index contributed by atoms with van der Waals surface area (Å²) in [5.74, 6) is -1.83. The number of alkyl halides is 3. The smallest absolute Gasteiger partial charge is 0.338 e. The minimum absolute atomic E-state index is 0.197. The van der Waals surface area contributed by atoms with Gasteiger partial charge in [-0.15, -0.1) is 12.6 Å². The van der Waals surface area contributed by atoms with Crippen molar-refractivity contribution in [2.75, 3.05) is 13.1 Å². The van der Waals surface area contributed by atoms with Crippen LogP contribution in [0.4, 0.5) is 13.2 Å². The highest BCUT2D eigenvalue weighted by molar-refractivity contribution is 7.85. The largest absolute Gasteiger partial charge is 0.471 e. The van der Waals surface area contributed by atoms with Crippen LogP contribution in [0.25, 0.3) is 6.08 Å². The first-order chi connectivity index (χ1) is 10.4. The molecule has 1 fully saturated rings. The van der Waals surface area contributed by atoms with E-state index in [4.69, 9.17) is 0 Å². The Hall–Kier alpha value is -1.77. The van der Waals surface area contributed by atoms with E-state index in [0.717, 1.165) is 19.3 Å². The van der Waals surface area contributed by atoms with Gasteiger partial charge in [0.1, 0.15) is 0 Å². The third-order valence-electron chi connectivity index (χ3n) is 3.05. The normalized spacial score (nSPS) is 17.3. The number of allylic oxidation sites excluding steroid dienone is 2. The average molecular weight is 333 g/mol. The van der Waals surface area contributed by atoms with Gasteiger partial charge in [0.05, 0.1) is 4.91 Å². The molecule has 2 heterocycles. The highest BCUT2D eigenvalue weighted by atomic mass is 32.1. The second kappa shape index (κ2) is 6.99. The lowest BCUT2D eigenvalue weighted by molar-refractivity contribution is -0.159. The highest BCUT2D eigenvalue weighted by Crippen LogP contribution is 2.27. The molecule has 22 heavy (non-hydrogen) atoms. The summed E-state index contributed by atoms with van der Waals surface area (Å²) < 4.78 is 40.9. The summed E-state index contributed by atoms with van der Waals surface area (Å²) >= 11 is 4.11. The van der Waals surface area contributed by atoms with Crippen molar-refractivity contribution in [2.45, 2.75) is 25.4 Å². The Morgan fingerprint density at radius 2 is 1.95 bits per heavy atom. The van der Waals surface area contributed by atoms with E-state index in [9.17, 15) is 18.0 Å². The van der Waals surface area contributed by atoms with Crippen molar-refractivity contribution in [1.82, 2.24) is 15.0 Å². The van der Waals surface area contributed by atoms with Crippen LogP contribution in [0.5, 0.6) is 0 Å². The average Bonchev–Trinajstić information content (AvgIpc) is 2.96. The van der Waals surface area contributed by atoms with Gasteiger partial charge in [0.15, 0.2) is 5.82 Å². The molecule has 5 nitrogen and oxygen atoms in total. The van der Waals surface area contributed by atoms with E-state index in [-0.39, 0.29) is 16.6 Å². The molecule has 1 saturated heterocycles. The quantitative estimate of drug-likeness (QED) is 0.525. The number of halogens is 3. The molecule has 1 aromatic heterocycles. The lowest BCUT2D eigenvalue weighted by Crippen LogP contribution is -2.35. The Kier molecular flexibility index (Phi) is 5.28. The van der Waals surface area contributed by atoms with Gasteiger partial charge < -0.3 is 9.42 Å². The Bertz CT molecular complexity index is 590. The number of carbonyl (C=O) groups excluding carboxylic acids is 1. The molecule has 120 valence electrons. The van der Waals surface area contributed by atoms with Gasteiger partial charge in [0.2, 0.25) is 0 Å². The van der Waals surface area contributed by atoms with Gasteiger partial charge in [0.25, 0.3) is 5.91 Å². The minimum Gasteiger partial charge on any atom is -0.338 e. The van der Waals surface area contributed by atoms with Crippen LogP contribution in [-0.4, -0.2) is 34.0 Å². The maximum atomic E-state index is 12.3. The van der Waals surface area contributed by atoms with Crippen LogP contribution in [0, 0.1) is 0 Å². The van der Waals surface area contributed by atoms with Crippen molar-refractivity contribution in [3.05, 3.63) is 28.8 Å². The first-order valence-corrected chi connectivity index (χ1v) is 7.10. The maximum absolute atomic E-state index is 12.3. The lowest BCUT2D eigenvalue weighted by Gasteiger charge is -2.26. The summed E-state index contributed by atoms with van der Waals surface area (Å²) in [5, 5.41) is 3.17. The molecular weight excluding hydrogens is 319 g/mol. The fourth-order valence-electron chi connectivity index (χ4n) is 1.97. The summed E-state index contributed by atoms with van der Waals surface area (Å²) in [4.78, 5) is 17.1. The number of amides is 1. The van der Waals surface area contributed by atoms with Gasteiger partial charge in [0, 0.05) is 13.1 Å². The zero-order chi connectivity index (χ0) is 16.2. The van der Waals surface area contributed by atoms with E-state index in [1.807, 2.05) is 0 Å². The summed E-state index contributed by atoms with van der Waals surface area (Å²) in [7, 11) is 0. The van der Waals surface area contributed by atoms with E-state index in [0.29, 0.717) is 13.1 Å². The number of thiol groups is 1. The van der Waals surface area contributed by atoms with E-state index >= 15 is 0 Å². The van der Waals surface area contributed by atoms with E-state index in [2.05, 4.69) is 27.3 Å². The molecule has 1 aromatic rings. The Morgan fingerprint density at radius 3 is 2.55 bits per heavy atom. The molecule has 0 aromatic carbocycles. The van der Waals surface area contributed by atoms with Crippen molar-refractivity contribution in [3.8, 4) is 0 Å². The topological polar surface area (TPSA) is 59.2 Å². The van der Waals surface area contributed by atoms with Gasteiger partial charge in [-0.25, -0.2) is 0 Å². The molecule has 0 unspecified atom stereocenters. The molecule has 0 radical (unpaired) electrons. The molecule has 1 aliphatic rings. The first kappa shape index (κ1) is 16.6. The molecule has 2 rings (SSSR count). The van der Waals surface area contributed by atoms with Crippen LogP contribution in [-0.2, 0) is 11.0 Å². The Balaban J connectivity index is 1.97. The standard InChI is InChI=1S/C13H14F3N3O2S/c14-13(15,16)12-17-10(18-21-12)6-4-5-9(22)11(20)19-7-2-1-3-8-19/h4-6,22H,1-3,7-8H2/b6-4+,9-5-. The number of piperidine rings is 1. The van der Waals surface area contributed by atoms with Crippen LogP contribution in [0.1, 0.15) is 31.0 Å². The van der Waals surface area contributed by atoms with Crippen molar-refractivity contribution in [1.29, 1.82) is 0 Å². The third-order valence-corrected chi connectivity index (χ3v) is 3.39. The first-order valence-electron chi connectivity index (χ1n) is 6.65. The van der Waals surface area contributed by atoms with Crippen molar-refractivity contribution >= 4 is 24.6 Å². The molecule has 9 heteroatoms. The van der Waals surface area contributed by atoms with Crippen LogP contribution in [0.3, 0.4) is 0 Å². The molecule has 0 spiro atoms. The number of likely N-dealkylation sites (tertiary alicyclic amines) is 1. The van der Waals surface area contributed by atoms with Crippen molar-refractivity contribution in [2.24, 2.45) is 0 Å². The number of nitrogens with zero attached hydrogens (tertiary/aromatic N) is 3. The predicted octanol–water partition coefficient (Wildman–Crippen LogP) is 2.93. The fourth-order valence-corrected chi connectivity index (χ4v) is 2.20. The monoisotopic (exact) mass is 333 g/mol. The van der Waals surface area contributed by atoms with Gasteiger partial charge in [-0.1, -0.05) is 11.2 Å². The van der Waals surface area contributed by atoms with Gasteiger partial charge in [-0.05, 0) is 31.4 Å². The zero-order valence-electron chi connectivity index (χ0n) is 11.5. The molecule has 1 amide bonds. The minimum atomic E-state index is -4.67. The number of carbonyl (C=O) groups is 1. The molecule has 0 atom stereocenters. The van der Waals surface area contributed by atoms with E-state index in [1.165, 1.54) is 18.2 Å². The Labute approximate surface area is 130 Å². The molecular formula is C13H14F3N3O2S. The van der Waals surface area contributed by atoms with Crippen LogP contribution < -0.4 is 0 Å². The summed E-state index contributed by atoms with van der Waals surface area (Å²) in [6.45, 7) is 1.39. The molecule has 0 saturated carbocycles. The van der Waals surface area contributed by atoms with Crippen LogP contribution in [0.2, 0.25) is 0 Å². The zero-order valence-corrected chi connectivity index (χ0v) is 12.4.